The van der Waals surface area contributed by atoms with Gasteiger partial charge < -0.3 is 5.11 Å². The molecule has 7 nitrogen and oxygen atoms in total. The SMILES string of the molecule is Cc1cc(I)ccc1NS(=O)(=O)c1ccc(O)c([N+](=O)[O-])c1. The number of nitro benzene ring substituents is 1. The molecule has 0 radical (unpaired) electrons. The third-order valence-corrected chi connectivity index (χ3v) is 4.92. The third kappa shape index (κ3) is 3.47. The van der Waals surface area contributed by atoms with Crippen LogP contribution in [-0.2, 0) is 10.0 Å². The summed E-state index contributed by atoms with van der Waals surface area (Å²) in [6.45, 7) is 1.75. The second-order valence-corrected chi connectivity index (χ2v) is 7.40. The van der Waals surface area contributed by atoms with Crippen LogP contribution < -0.4 is 4.72 Å². The molecule has 0 spiro atoms. The van der Waals surface area contributed by atoms with Crippen LogP contribution in [0.25, 0.3) is 0 Å². The smallest absolute Gasteiger partial charge is 0.312 e. The van der Waals surface area contributed by atoms with Crippen LogP contribution in [-0.4, -0.2) is 18.4 Å². The van der Waals surface area contributed by atoms with Gasteiger partial charge in [-0.3, -0.25) is 14.8 Å². The Kier molecular flexibility index (Phi) is 4.56. The van der Waals surface area contributed by atoms with Crippen LogP contribution in [0.5, 0.6) is 5.75 Å². The molecule has 2 aromatic carbocycles. The minimum absolute atomic E-state index is 0.296. The number of phenolic OH excluding ortho intramolecular Hbond substituents is 1. The fourth-order valence-corrected chi connectivity index (χ4v) is 3.56. The van der Waals surface area contributed by atoms with Crippen molar-refractivity contribution in [3.05, 3.63) is 55.6 Å². The van der Waals surface area contributed by atoms with Crippen molar-refractivity contribution in [3.63, 3.8) is 0 Å². The number of nitrogens with one attached hydrogen (secondary N) is 1. The molecular formula is C13H11IN2O5S. The average Bonchev–Trinajstić information content (AvgIpc) is 2.42. The van der Waals surface area contributed by atoms with E-state index in [-0.39, 0.29) is 4.90 Å². The number of sulfonamides is 1. The van der Waals surface area contributed by atoms with Crippen molar-refractivity contribution >= 4 is 44.0 Å². The summed E-state index contributed by atoms with van der Waals surface area (Å²) in [4.78, 5) is 9.64. The van der Waals surface area contributed by atoms with Gasteiger partial charge in [0.1, 0.15) is 0 Å². The van der Waals surface area contributed by atoms with Crippen LogP contribution >= 0.6 is 22.6 Å². The first kappa shape index (κ1) is 16.5. The first-order valence-corrected chi connectivity index (χ1v) is 8.53. The predicted molar refractivity (Wildman–Crippen MR) is 89.5 cm³/mol. The molecule has 0 unspecified atom stereocenters. The van der Waals surface area contributed by atoms with E-state index in [0.717, 1.165) is 27.3 Å². The summed E-state index contributed by atoms with van der Waals surface area (Å²) < 4.78 is 28.0. The molecule has 0 aliphatic carbocycles. The van der Waals surface area contributed by atoms with Gasteiger partial charge in [0.05, 0.1) is 15.5 Å². The highest BCUT2D eigenvalue weighted by molar-refractivity contribution is 14.1. The van der Waals surface area contributed by atoms with Gasteiger partial charge in [-0.05, 0) is 65.4 Å². The maximum atomic E-state index is 12.3. The number of phenols is 1. The number of hydrogen-bond acceptors (Lipinski definition) is 5. The summed E-state index contributed by atoms with van der Waals surface area (Å²) >= 11 is 2.11. The average molecular weight is 434 g/mol. The zero-order valence-electron chi connectivity index (χ0n) is 11.3. The van der Waals surface area contributed by atoms with Gasteiger partial charge in [-0.1, -0.05) is 0 Å². The highest BCUT2D eigenvalue weighted by Gasteiger charge is 2.21. The lowest BCUT2D eigenvalue weighted by Gasteiger charge is -2.11. The summed E-state index contributed by atoms with van der Waals surface area (Å²) in [7, 11) is -3.99. The lowest BCUT2D eigenvalue weighted by Crippen LogP contribution is -2.14. The molecule has 0 fully saturated rings. The van der Waals surface area contributed by atoms with Crippen molar-refractivity contribution in [1.29, 1.82) is 0 Å². The number of aromatic hydroxyl groups is 1. The summed E-state index contributed by atoms with van der Waals surface area (Å²) in [5.74, 6) is -0.589. The van der Waals surface area contributed by atoms with Gasteiger partial charge in [-0.15, -0.1) is 0 Å². The molecule has 0 aliphatic rings. The van der Waals surface area contributed by atoms with Gasteiger partial charge in [0, 0.05) is 9.64 Å². The number of halogens is 1. The lowest BCUT2D eigenvalue weighted by molar-refractivity contribution is -0.386. The monoisotopic (exact) mass is 434 g/mol. The lowest BCUT2D eigenvalue weighted by atomic mass is 10.2. The molecule has 22 heavy (non-hydrogen) atoms. The number of hydrogen-bond donors (Lipinski definition) is 2. The number of rotatable bonds is 4. The minimum atomic E-state index is -3.99. The van der Waals surface area contributed by atoms with Gasteiger partial charge in [0.25, 0.3) is 10.0 Å². The van der Waals surface area contributed by atoms with Crippen LogP contribution in [0.1, 0.15) is 5.56 Å². The zero-order chi connectivity index (χ0) is 16.5. The fraction of sp³-hybridized carbons (Fsp3) is 0.0769. The van der Waals surface area contributed by atoms with E-state index in [9.17, 15) is 23.6 Å². The number of anilines is 1. The highest BCUT2D eigenvalue weighted by Crippen LogP contribution is 2.29. The van der Waals surface area contributed by atoms with E-state index in [0.29, 0.717) is 5.69 Å². The number of benzene rings is 2. The second-order valence-electron chi connectivity index (χ2n) is 4.47. The maximum absolute atomic E-state index is 12.3. The van der Waals surface area contributed by atoms with Crippen LogP contribution in [0.3, 0.4) is 0 Å². The number of nitrogens with zero attached hydrogens (tertiary/aromatic N) is 1. The quantitative estimate of drug-likeness (QED) is 0.437. The van der Waals surface area contributed by atoms with Gasteiger partial charge in [-0.2, -0.15) is 0 Å². The third-order valence-electron chi connectivity index (χ3n) is 2.89. The maximum Gasteiger partial charge on any atom is 0.312 e. The van der Waals surface area contributed by atoms with Gasteiger partial charge in [0.15, 0.2) is 5.75 Å². The summed E-state index contributed by atoms with van der Waals surface area (Å²) in [6.07, 6.45) is 0. The largest absolute Gasteiger partial charge is 0.502 e. The van der Waals surface area contributed by atoms with Crippen molar-refractivity contribution in [2.24, 2.45) is 0 Å². The Hall–Kier alpha value is -1.88. The Morgan fingerprint density at radius 3 is 2.50 bits per heavy atom. The van der Waals surface area contributed by atoms with E-state index in [1.807, 2.05) is 0 Å². The first-order chi connectivity index (χ1) is 10.2. The van der Waals surface area contributed by atoms with E-state index in [2.05, 4.69) is 27.3 Å². The molecule has 0 aliphatic heterocycles. The van der Waals surface area contributed by atoms with Crippen molar-refractivity contribution in [1.82, 2.24) is 0 Å². The van der Waals surface area contributed by atoms with E-state index >= 15 is 0 Å². The molecule has 9 heteroatoms. The Labute approximate surface area is 140 Å². The number of nitro groups is 1. The molecule has 0 aromatic heterocycles. The van der Waals surface area contributed by atoms with Gasteiger partial charge in [-0.25, -0.2) is 8.42 Å². The van der Waals surface area contributed by atoms with Gasteiger partial charge >= 0.3 is 5.69 Å². The molecule has 0 heterocycles. The summed E-state index contributed by atoms with van der Waals surface area (Å²) in [5.41, 5.74) is 0.446. The fourth-order valence-electron chi connectivity index (χ4n) is 1.76. The Morgan fingerprint density at radius 1 is 1.23 bits per heavy atom. The number of aryl methyl sites for hydroxylation is 1. The Morgan fingerprint density at radius 2 is 1.91 bits per heavy atom. The molecule has 0 atom stereocenters. The van der Waals surface area contributed by atoms with E-state index in [1.165, 1.54) is 0 Å². The van der Waals surface area contributed by atoms with Crippen LogP contribution in [0.15, 0.2) is 41.3 Å². The Balaban J connectivity index is 2.42. The standard InChI is InChI=1S/C13H11IN2O5S/c1-8-6-9(14)2-4-11(8)15-22(20,21)10-3-5-13(17)12(7-10)16(18)19/h2-7,15,17H,1H3. The van der Waals surface area contributed by atoms with E-state index in [1.54, 1.807) is 25.1 Å². The zero-order valence-corrected chi connectivity index (χ0v) is 14.3. The second kappa shape index (κ2) is 6.08. The molecule has 2 N–H and O–H groups in total. The summed E-state index contributed by atoms with van der Waals surface area (Å²) in [6, 6.07) is 8.06. The molecule has 0 amide bonds. The Bertz CT molecular complexity index is 852. The molecule has 0 saturated heterocycles. The van der Waals surface area contributed by atoms with E-state index < -0.39 is 26.4 Å². The van der Waals surface area contributed by atoms with Crippen LogP contribution in [0, 0.1) is 20.6 Å². The van der Waals surface area contributed by atoms with Crippen molar-refractivity contribution in [2.75, 3.05) is 4.72 Å². The molecule has 116 valence electrons. The molecule has 0 saturated carbocycles. The van der Waals surface area contributed by atoms with E-state index in [4.69, 9.17) is 0 Å². The first-order valence-electron chi connectivity index (χ1n) is 5.97. The molecular weight excluding hydrogens is 423 g/mol. The normalized spacial score (nSPS) is 11.2. The topological polar surface area (TPSA) is 110 Å². The van der Waals surface area contributed by atoms with Gasteiger partial charge in [0.2, 0.25) is 0 Å². The van der Waals surface area contributed by atoms with Crippen molar-refractivity contribution in [3.8, 4) is 5.75 Å². The predicted octanol–water partition coefficient (Wildman–Crippen LogP) is 3.01. The van der Waals surface area contributed by atoms with Crippen molar-refractivity contribution < 1.29 is 18.4 Å². The minimum Gasteiger partial charge on any atom is -0.502 e. The highest BCUT2D eigenvalue weighted by atomic mass is 127. The van der Waals surface area contributed by atoms with Crippen molar-refractivity contribution in [2.45, 2.75) is 11.8 Å². The van der Waals surface area contributed by atoms with Crippen LogP contribution in [0.2, 0.25) is 0 Å². The molecule has 2 aromatic rings. The summed E-state index contributed by atoms with van der Waals surface area (Å²) in [5, 5.41) is 20.2. The molecule has 2 rings (SSSR count). The van der Waals surface area contributed by atoms with Crippen LogP contribution in [0.4, 0.5) is 11.4 Å². The molecule has 0 bridgehead atoms.